The second-order valence-electron chi connectivity index (χ2n) is 5.28. The summed E-state index contributed by atoms with van der Waals surface area (Å²) in [5.41, 5.74) is 0.810. The summed E-state index contributed by atoms with van der Waals surface area (Å²) in [4.78, 5) is 2.35. The number of benzene rings is 1. The minimum Gasteiger partial charge on any atom is -0.493 e. The van der Waals surface area contributed by atoms with E-state index >= 15 is 0 Å². The van der Waals surface area contributed by atoms with Gasteiger partial charge in [0, 0.05) is 13.1 Å². The summed E-state index contributed by atoms with van der Waals surface area (Å²) < 4.78 is 16.9. The highest BCUT2D eigenvalue weighted by atomic mass is 16.5. The maximum Gasteiger partial charge on any atom is 0.161 e. The molecule has 0 radical (unpaired) electrons. The van der Waals surface area contributed by atoms with Crippen LogP contribution >= 0.6 is 0 Å². The highest BCUT2D eigenvalue weighted by molar-refractivity contribution is 5.43. The average Bonchev–Trinajstić information content (AvgIpc) is 2.52. The van der Waals surface area contributed by atoms with E-state index in [9.17, 15) is 5.11 Å². The molecule has 5 heteroatoms. The van der Waals surface area contributed by atoms with Crippen molar-refractivity contribution in [1.82, 2.24) is 4.90 Å². The first kappa shape index (κ1) is 16.1. The van der Waals surface area contributed by atoms with Gasteiger partial charge in [0.1, 0.15) is 12.7 Å². The van der Waals surface area contributed by atoms with E-state index in [-0.39, 0.29) is 6.10 Å². The summed E-state index contributed by atoms with van der Waals surface area (Å²) in [5.74, 6) is 1.32. The quantitative estimate of drug-likeness (QED) is 0.868. The van der Waals surface area contributed by atoms with Crippen molar-refractivity contribution >= 4 is 0 Å². The van der Waals surface area contributed by atoms with Crippen molar-refractivity contribution < 1.29 is 19.3 Å². The highest BCUT2D eigenvalue weighted by Crippen LogP contribution is 2.30. The molecule has 1 aromatic rings. The van der Waals surface area contributed by atoms with E-state index in [1.807, 2.05) is 12.1 Å². The number of hydrogen-bond acceptors (Lipinski definition) is 5. The van der Waals surface area contributed by atoms with Crippen molar-refractivity contribution in [3.63, 3.8) is 0 Å². The monoisotopic (exact) mass is 295 g/mol. The van der Waals surface area contributed by atoms with Crippen LogP contribution in [-0.4, -0.2) is 56.1 Å². The molecule has 2 atom stereocenters. The van der Waals surface area contributed by atoms with Crippen LogP contribution in [0.1, 0.15) is 25.5 Å². The van der Waals surface area contributed by atoms with Gasteiger partial charge in [-0.1, -0.05) is 13.0 Å². The zero-order valence-electron chi connectivity index (χ0n) is 13.0. The van der Waals surface area contributed by atoms with E-state index < -0.39 is 6.10 Å². The Bertz CT molecular complexity index is 450. The number of likely N-dealkylation sites (N-methyl/N-ethyl adjacent to an activating group) is 1. The van der Waals surface area contributed by atoms with Crippen molar-refractivity contribution in [3.8, 4) is 11.5 Å². The van der Waals surface area contributed by atoms with Gasteiger partial charge in [-0.15, -0.1) is 0 Å². The van der Waals surface area contributed by atoms with Crippen LogP contribution in [0.25, 0.3) is 0 Å². The molecule has 1 aliphatic heterocycles. The largest absolute Gasteiger partial charge is 0.493 e. The number of hydrogen-bond donors (Lipinski definition) is 1. The summed E-state index contributed by atoms with van der Waals surface area (Å²) in [6.07, 6.45) is -0.437. The summed E-state index contributed by atoms with van der Waals surface area (Å²) in [6.45, 7) is 8.04. The molecule has 21 heavy (non-hydrogen) atoms. The van der Waals surface area contributed by atoms with Crippen LogP contribution in [0, 0.1) is 0 Å². The second kappa shape index (κ2) is 7.64. The normalized spacial score (nSPS) is 21.0. The Morgan fingerprint density at radius 1 is 1.43 bits per heavy atom. The zero-order valence-corrected chi connectivity index (χ0v) is 13.0. The van der Waals surface area contributed by atoms with Crippen LogP contribution < -0.4 is 9.47 Å². The molecule has 0 saturated carbocycles. The van der Waals surface area contributed by atoms with Gasteiger partial charge < -0.3 is 19.3 Å². The fraction of sp³-hybridized carbons (Fsp3) is 0.625. The molecule has 1 unspecified atom stereocenters. The van der Waals surface area contributed by atoms with Crippen LogP contribution in [-0.2, 0) is 4.74 Å². The van der Waals surface area contributed by atoms with Gasteiger partial charge >= 0.3 is 0 Å². The molecule has 1 saturated heterocycles. The molecule has 1 fully saturated rings. The van der Waals surface area contributed by atoms with E-state index in [0.717, 1.165) is 31.8 Å². The fourth-order valence-corrected chi connectivity index (χ4v) is 2.41. The molecule has 2 rings (SSSR count). The number of morpholine rings is 1. The molecule has 0 bridgehead atoms. The Hall–Kier alpha value is -1.30. The number of rotatable bonds is 6. The number of methoxy groups -OCH3 is 1. The maximum absolute atomic E-state index is 9.60. The molecule has 0 aromatic heterocycles. The third-order valence-corrected chi connectivity index (χ3v) is 3.76. The number of ether oxygens (including phenoxy) is 3. The maximum atomic E-state index is 9.60. The molecule has 1 N–H and O–H groups in total. The lowest BCUT2D eigenvalue weighted by Crippen LogP contribution is -2.44. The third kappa shape index (κ3) is 4.33. The predicted molar refractivity (Wildman–Crippen MR) is 81.0 cm³/mol. The Balaban J connectivity index is 1.96. The van der Waals surface area contributed by atoms with Gasteiger partial charge in [0.15, 0.2) is 11.5 Å². The van der Waals surface area contributed by atoms with Gasteiger partial charge in [-0.05, 0) is 31.2 Å². The third-order valence-electron chi connectivity index (χ3n) is 3.76. The Morgan fingerprint density at radius 2 is 2.24 bits per heavy atom. The van der Waals surface area contributed by atoms with E-state index in [4.69, 9.17) is 14.2 Å². The van der Waals surface area contributed by atoms with E-state index in [0.29, 0.717) is 18.1 Å². The number of nitrogens with zero attached hydrogens (tertiary/aromatic N) is 1. The van der Waals surface area contributed by atoms with E-state index in [1.54, 1.807) is 20.1 Å². The van der Waals surface area contributed by atoms with Crippen molar-refractivity contribution in [2.45, 2.75) is 26.1 Å². The first-order chi connectivity index (χ1) is 10.1. The lowest BCUT2D eigenvalue weighted by Gasteiger charge is -2.31. The standard InChI is InChI=1S/C16H25NO4/c1-4-17-7-8-20-14(10-17)11-21-15-6-5-13(12(2)18)9-16(15)19-3/h5-6,9,12,14,18H,4,7-8,10-11H2,1-3H3/t12-,14?/m0/s1. The van der Waals surface area contributed by atoms with Gasteiger partial charge in [0.05, 0.1) is 19.8 Å². The van der Waals surface area contributed by atoms with Crippen LogP contribution in [0.3, 0.4) is 0 Å². The molecule has 0 aliphatic carbocycles. The molecule has 1 aromatic carbocycles. The Morgan fingerprint density at radius 3 is 2.90 bits per heavy atom. The molecule has 118 valence electrons. The van der Waals surface area contributed by atoms with Crippen molar-refractivity contribution in [1.29, 1.82) is 0 Å². The second-order valence-corrected chi connectivity index (χ2v) is 5.28. The van der Waals surface area contributed by atoms with E-state index in [2.05, 4.69) is 11.8 Å². The fourth-order valence-electron chi connectivity index (χ4n) is 2.41. The van der Waals surface area contributed by atoms with Gasteiger partial charge in [0.2, 0.25) is 0 Å². The molecular weight excluding hydrogens is 270 g/mol. The van der Waals surface area contributed by atoms with Crippen LogP contribution in [0.2, 0.25) is 0 Å². The van der Waals surface area contributed by atoms with E-state index in [1.165, 1.54) is 0 Å². The van der Waals surface area contributed by atoms with Crippen molar-refractivity contribution in [3.05, 3.63) is 23.8 Å². The first-order valence-electron chi connectivity index (χ1n) is 7.46. The van der Waals surface area contributed by atoms with Crippen molar-refractivity contribution in [2.75, 3.05) is 40.0 Å². The Labute approximate surface area is 126 Å². The summed E-state index contributed by atoms with van der Waals surface area (Å²) in [5, 5.41) is 9.60. The molecule has 5 nitrogen and oxygen atoms in total. The minimum absolute atomic E-state index is 0.0832. The Kier molecular flexibility index (Phi) is 5.85. The van der Waals surface area contributed by atoms with Crippen LogP contribution in [0.4, 0.5) is 0 Å². The first-order valence-corrected chi connectivity index (χ1v) is 7.46. The molecule has 1 heterocycles. The van der Waals surface area contributed by atoms with Gasteiger partial charge in [-0.25, -0.2) is 0 Å². The van der Waals surface area contributed by atoms with Gasteiger partial charge in [0.25, 0.3) is 0 Å². The SMILES string of the molecule is CCN1CCOC(COc2ccc([C@H](C)O)cc2OC)C1. The molecule has 1 aliphatic rings. The van der Waals surface area contributed by atoms with Crippen LogP contribution in [0.5, 0.6) is 11.5 Å². The average molecular weight is 295 g/mol. The topological polar surface area (TPSA) is 51.2 Å². The van der Waals surface area contributed by atoms with Crippen LogP contribution in [0.15, 0.2) is 18.2 Å². The lowest BCUT2D eigenvalue weighted by molar-refractivity contribution is -0.0466. The van der Waals surface area contributed by atoms with Crippen molar-refractivity contribution in [2.24, 2.45) is 0 Å². The molecular formula is C16H25NO4. The molecule has 0 amide bonds. The summed E-state index contributed by atoms with van der Waals surface area (Å²) in [6, 6.07) is 5.49. The summed E-state index contributed by atoms with van der Waals surface area (Å²) >= 11 is 0. The van der Waals surface area contributed by atoms with Gasteiger partial charge in [-0.2, -0.15) is 0 Å². The lowest BCUT2D eigenvalue weighted by atomic mass is 10.1. The summed E-state index contributed by atoms with van der Waals surface area (Å²) in [7, 11) is 1.60. The highest BCUT2D eigenvalue weighted by Gasteiger charge is 2.20. The zero-order chi connectivity index (χ0) is 15.2. The number of aliphatic hydroxyl groups excluding tert-OH is 1. The van der Waals surface area contributed by atoms with Gasteiger partial charge in [-0.3, -0.25) is 4.90 Å². The predicted octanol–water partition coefficient (Wildman–Crippen LogP) is 1.85. The minimum atomic E-state index is -0.521. The smallest absolute Gasteiger partial charge is 0.161 e. The number of aliphatic hydroxyl groups is 1. The molecule has 0 spiro atoms.